The highest BCUT2D eigenvalue weighted by atomic mass is 32.2. The third-order valence-corrected chi connectivity index (χ3v) is 3.21. The molecule has 0 saturated carbocycles. The molecular weight excluding hydrogens is 246 g/mol. The van der Waals surface area contributed by atoms with Crippen molar-refractivity contribution < 1.29 is 9.53 Å². The maximum atomic E-state index is 11.5. The number of esters is 1. The highest BCUT2D eigenvalue weighted by molar-refractivity contribution is 7.99. The number of carbonyl (C=O) groups excluding carboxylic acids is 1. The number of hydrogen-bond donors (Lipinski definition) is 1. The van der Waals surface area contributed by atoms with E-state index < -0.39 is 0 Å². The van der Waals surface area contributed by atoms with Gasteiger partial charge in [-0.05, 0) is 11.6 Å². The van der Waals surface area contributed by atoms with Crippen LogP contribution >= 0.6 is 11.8 Å². The van der Waals surface area contributed by atoms with Gasteiger partial charge in [-0.3, -0.25) is 0 Å². The minimum Gasteiger partial charge on any atom is -0.465 e. The molecule has 1 aromatic carbocycles. The Morgan fingerprint density at radius 2 is 2.28 bits per heavy atom. The van der Waals surface area contributed by atoms with Crippen LogP contribution in [0.15, 0.2) is 24.3 Å². The molecule has 0 atom stereocenters. The summed E-state index contributed by atoms with van der Waals surface area (Å²) in [7, 11) is 1.39. The lowest BCUT2D eigenvalue weighted by Crippen LogP contribution is -2.19. The first-order valence-corrected chi connectivity index (χ1v) is 6.83. The second kappa shape index (κ2) is 8.62. The van der Waals surface area contributed by atoms with Crippen LogP contribution in [0.2, 0.25) is 0 Å². The zero-order chi connectivity index (χ0) is 13.2. The summed E-state index contributed by atoms with van der Waals surface area (Å²) >= 11 is 1.71. The van der Waals surface area contributed by atoms with E-state index >= 15 is 0 Å². The van der Waals surface area contributed by atoms with E-state index in [2.05, 4.69) is 11.2 Å². The fourth-order valence-corrected chi connectivity index (χ4v) is 2.03. The van der Waals surface area contributed by atoms with Crippen LogP contribution in [0.4, 0.5) is 0 Å². The second-order valence-corrected chi connectivity index (χ2v) is 4.69. The van der Waals surface area contributed by atoms with Gasteiger partial charge >= 0.3 is 5.97 Å². The highest BCUT2D eigenvalue weighted by Gasteiger charge is 2.09. The fourth-order valence-electron chi connectivity index (χ4n) is 1.48. The largest absolute Gasteiger partial charge is 0.465 e. The Labute approximate surface area is 112 Å². The summed E-state index contributed by atoms with van der Waals surface area (Å²) in [5, 5.41) is 3.28. The molecule has 0 amide bonds. The molecule has 0 saturated heterocycles. The number of thioether (sulfide) groups is 1. The Morgan fingerprint density at radius 3 is 3.00 bits per heavy atom. The van der Waals surface area contributed by atoms with Crippen molar-refractivity contribution in [2.24, 2.45) is 0 Å². The minimum absolute atomic E-state index is 0.297. The van der Waals surface area contributed by atoms with Crippen molar-refractivity contribution in [2.75, 3.05) is 25.2 Å². The summed E-state index contributed by atoms with van der Waals surface area (Å²) in [6, 6.07) is 7.44. The molecule has 0 aliphatic rings. The van der Waals surface area contributed by atoms with Gasteiger partial charge in [0.2, 0.25) is 0 Å². The zero-order valence-electron chi connectivity index (χ0n) is 10.4. The normalized spacial score (nSPS) is 9.78. The van der Waals surface area contributed by atoms with Crippen molar-refractivity contribution in [1.29, 1.82) is 0 Å². The smallest absolute Gasteiger partial charge is 0.338 e. The van der Waals surface area contributed by atoms with E-state index in [1.165, 1.54) is 7.11 Å². The third kappa shape index (κ3) is 4.82. The van der Waals surface area contributed by atoms with E-state index in [0.29, 0.717) is 12.1 Å². The van der Waals surface area contributed by atoms with Crippen molar-refractivity contribution in [3.63, 3.8) is 0 Å². The molecule has 0 aliphatic heterocycles. The zero-order valence-corrected chi connectivity index (χ0v) is 11.3. The lowest BCUT2D eigenvalue weighted by atomic mass is 10.1. The number of hydrogen-bond acceptors (Lipinski definition) is 4. The van der Waals surface area contributed by atoms with Crippen LogP contribution in [0.3, 0.4) is 0 Å². The number of nitrogens with one attached hydrogen (secondary N) is 1. The third-order valence-electron chi connectivity index (χ3n) is 2.35. The van der Waals surface area contributed by atoms with E-state index in [9.17, 15) is 4.79 Å². The summed E-state index contributed by atoms with van der Waals surface area (Å²) in [4.78, 5) is 11.5. The molecule has 18 heavy (non-hydrogen) atoms. The molecule has 0 fully saturated rings. The molecule has 3 nitrogen and oxygen atoms in total. The van der Waals surface area contributed by atoms with Crippen LogP contribution in [0.1, 0.15) is 15.9 Å². The van der Waals surface area contributed by atoms with E-state index in [1.54, 1.807) is 17.8 Å². The van der Waals surface area contributed by atoms with Crippen molar-refractivity contribution in [3.8, 4) is 12.3 Å². The minimum atomic E-state index is -0.297. The number of methoxy groups -OCH3 is 1. The standard InChI is InChI=1S/C14H17NO2S/c1-3-9-18-10-8-15-11-12-6-4-5-7-13(12)14(16)17-2/h1,4-7,15H,8-11H2,2H3. The molecule has 0 aromatic heterocycles. The van der Waals surface area contributed by atoms with Crippen LogP contribution in [-0.4, -0.2) is 31.1 Å². The van der Waals surface area contributed by atoms with Crippen LogP contribution in [0.5, 0.6) is 0 Å². The van der Waals surface area contributed by atoms with Crippen LogP contribution < -0.4 is 5.32 Å². The molecule has 1 rings (SSSR count). The predicted octanol–water partition coefficient (Wildman–Crippen LogP) is 1.93. The van der Waals surface area contributed by atoms with Gasteiger partial charge < -0.3 is 10.1 Å². The summed E-state index contributed by atoms with van der Waals surface area (Å²) in [5.41, 5.74) is 1.56. The molecule has 0 bridgehead atoms. The molecule has 0 spiro atoms. The first kappa shape index (κ1) is 14.6. The maximum Gasteiger partial charge on any atom is 0.338 e. The van der Waals surface area contributed by atoms with Crippen molar-refractivity contribution >= 4 is 17.7 Å². The lowest BCUT2D eigenvalue weighted by Gasteiger charge is -2.08. The maximum absolute atomic E-state index is 11.5. The summed E-state index contributed by atoms with van der Waals surface area (Å²) in [5.74, 6) is 3.98. The van der Waals surface area contributed by atoms with Gasteiger partial charge in [0, 0.05) is 18.8 Å². The first-order valence-electron chi connectivity index (χ1n) is 5.67. The molecule has 96 valence electrons. The highest BCUT2D eigenvalue weighted by Crippen LogP contribution is 2.09. The van der Waals surface area contributed by atoms with Crippen LogP contribution in [0, 0.1) is 12.3 Å². The fraction of sp³-hybridized carbons (Fsp3) is 0.357. The van der Waals surface area contributed by atoms with E-state index in [4.69, 9.17) is 11.2 Å². The second-order valence-electron chi connectivity index (χ2n) is 3.58. The van der Waals surface area contributed by atoms with Gasteiger partial charge in [0.05, 0.1) is 18.4 Å². The molecule has 1 N–H and O–H groups in total. The van der Waals surface area contributed by atoms with Crippen molar-refractivity contribution in [1.82, 2.24) is 5.32 Å². The van der Waals surface area contributed by atoms with Crippen LogP contribution in [-0.2, 0) is 11.3 Å². The van der Waals surface area contributed by atoms with Gasteiger partial charge in [0.1, 0.15) is 0 Å². The average molecular weight is 263 g/mol. The van der Waals surface area contributed by atoms with Gasteiger partial charge in [0.15, 0.2) is 0 Å². The predicted molar refractivity (Wildman–Crippen MR) is 75.6 cm³/mol. The van der Waals surface area contributed by atoms with E-state index in [-0.39, 0.29) is 5.97 Å². The SMILES string of the molecule is C#CCSCCNCc1ccccc1C(=O)OC. The number of benzene rings is 1. The van der Waals surface area contributed by atoms with Gasteiger partial charge in [-0.1, -0.05) is 24.1 Å². The number of ether oxygens (including phenoxy) is 1. The van der Waals surface area contributed by atoms with E-state index in [0.717, 1.165) is 23.6 Å². The first-order chi connectivity index (χ1) is 8.79. The lowest BCUT2D eigenvalue weighted by molar-refractivity contribution is 0.0599. The molecule has 1 aromatic rings. The molecule has 0 heterocycles. The topological polar surface area (TPSA) is 38.3 Å². The van der Waals surface area contributed by atoms with E-state index in [1.807, 2.05) is 18.2 Å². The summed E-state index contributed by atoms with van der Waals surface area (Å²) in [6.45, 7) is 1.52. The Balaban J connectivity index is 2.42. The Morgan fingerprint density at radius 1 is 1.50 bits per heavy atom. The van der Waals surface area contributed by atoms with Crippen molar-refractivity contribution in [2.45, 2.75) is 6.54 Å². The Bertz CT molecular complexity index is 426. The monoisotopic (exact) mass is 263 g/mol. The quantitative estimate of drug-likeness (QED) is 0.463. The van der Waals surface area contributed by atoms with Gasteiger partial charge in [-0.25, -0.2) is 4.79 Å². The molecule has 0 unspecified atom stereocenters. The summed E-state index contributed by atoms with van der Waals surface area (Å²) < 4.78 is 4.74. The van der Waals surface area contributed by atoms with Gasteiger partial charge in [-0.2, -0.15) is 0 Å². The Hall–Kier alpha value is -1.44. The molecular formula is C14H17NO2S. The molecule has 4 heteroatoms. The average Bonchev–Trinajstić information content (AvgIpc) is 2.42. The molecule has 0 radical (unpaired) electrons. The number of carbonyl (C=O) groups is 1. The van der Waals surface area contributed by atoms with Crippen LogP contribution in [0.25, 0.3) is 0 Å². The number of rotatable bonds is 7. The molecule has 0 aliphatic carbocycles. The Kier molecular flexibility index (Phi) is 7.00. The number of terminal acetylenes is 1. The summed E-state index contributed by atoms with van der Waals surface area (Å²) in [6.07, 6.45) is 5.16. The van der Waals surface area contributed by atoms with Crippen molar-refractivity contribution in [3.05, 3.63) is 35.4 Å². The van der Waals surface area contributed by atoms with Gasteiger partial charge in [0.25, 0.3) is 0 Å². The van der Waals surface area contributed by atoms with Gasteiger partial charge in [-0.15, -0.1) is 18.2 Å².